The molecule has 1 aromatic carbocycles. The van der Waals surface area contributed by atoms with Crippen LogP contribution in [0.3, 0.4) is 0 Å². The van der Waals surface area contributed by atoms with Crippen LogP contribution in [-0.4, -0.2) is 20.9 Å². The maximum atomic E-state index is 11.9. The standard InChI is InChI=1S/C14H19N5O/c1-10-3-5-12(6-4-10)11(2)16-14(20)9-19-8-13(7-15)17-18-19/h3-6,8,11H,7,9,15H2,1-2H3,(H,16,20)/t11-/m0/s1. The van der Waals surface area contributed by atoms with Gasteiger partial charge in [-0.05, 0) is 19.4 Å². The number of aryl methyl sites for hydroxylation is 1. The Labute approximate surface area is 118 Å². The Bertz CT molecular complexity index is 576. The van der Waals surface area contributed by atoms with Crippen molar-refractivity contribution in [1.82, 2.24) is 20.3 Å². The lowest BCUT2D eigenvalue weighted by Crippen LogP contribution is -2.30. The summed E-state index contributed by atoms with van der Waals surface area (Å²) < 4.78 is 1.49. The van der Waals surface area contributed by atoms with Crippen LogP contribution in [0.15, 0.2) is 30.5 Å². The van der Waals surface area contributed by atoms with Crippen LogP contribution in [0.5, 0.6) is 0 Å². The van der Waals surface area contributed by atoms with Gasteiger partial charge in [0.1, 0.15) is 6.54 Å². The Hall–Kier alpha value is -2.21. The van der Waals surface area contributed by atoms with Crippen molar-refractivity contribution in [2.24, 2.45) is 5.73 Å². The van der Waals surface area contributed by atoms with Crippen LogP contribution in [0.2, 0.25) is 0 Å². The Morgan fingerprint density at radius 3 is 2.70 bits per heavy atom. The normalized spacial score (nSPS) is 12.2. The van der Waals surface area contributed by atoms with Gasteiger partial charge in [0, 0.05) is 6.54 Å². The molecule has 1 atom stereocenters. The molecular weight excluding hydrogens is 254 g/mol. The number of nitrogens with one attached hydrogen (secondary N) is 1. The van der Waals surface area contributed by atoms with Crippen molar-refractivity contribution in [3.8, 4) is 0 Å². The van der Waals surface area contributed by atoms with E-state index >= 15 is 0 Å². The first-order valence-electron chi connectivity index (χ1n) is 6.53. The average molecular weight is 273 g/mol. The number of hydrogen-bond donors (Lipinski definition) is 2. The van der Waals surface area contributed by atoms with Gasteiger partial charge in [0.05, 0.1) is 17.9 Å². The number of hydrogen-bond acceptors (Lipinski definition) is 4. The number of carbonyl (C=O) groups excluding carboxylic acids is 1. The fraction of sp³-hybridized carbons (Fsp3) is 0.357. The second kappa shape index (κ2) is 6.29. The maximum absolute atomic E-state index is 11.9. The van der Waals surface area contributed by atoms with E-state index in [0.717, 1.165) is 5.56 Å². The molecule has 2 rings (SSSR count). The summed E-state index contributed by atoms with van der Waals surface area (Å²) in [7, 11) is 0. The number of benzene rings is 1. The SMILES string of the molecule is Cc1ccc([C@H](C)NC(=O)Cn2cc(CN)nn2)cc1. The summed E-state index contributed by atoms with van der Waals surface area (Å²) in [5.74, 6) is -0.105. The number of amides is 1. The van der Waals surface area contributed by atoms with E-state index < -0.39 is 0 Å². The summed E-state index contributed by atoms with van der Waals surface area (Å²) in [5, 5.41) is 10.6. The molecule has 20 heavy (non-hydrogen) atoms. The van der Waals surface area contributed by atoms with Gasteiger partial charge in [-0.25, -0.2) is 4.68 Å². The number of nitrogens with zero attached hydrogens (tertiary/aromatic N) is 3. The summed E-state index contributed by atoms with van der Waals surface area (Å²) in [4.78, 5) is 11.9. The zero-order valence-electron chi connectivity index (χ0n) is 11.7. The average Bonchev–Trinajstić information content (AvgIpc) is 2.86. The molecule has 6 nitrogen and oxygen atoms in total. The van der Waals surface area contributed by atoms with Crippen molar-refractivity contribution < 1.29 is 4.79 Å². The zero-order valence-corrected chi connectivity index (χ0v) is 11.7. The molecule has 1 heterocycles. The summed E-state index contributed by atoms with van der Waals surface area (Å²) in [6, 6.07) is 8.05. The van der Waals surface area contributed by atoms with Crippen molar-refractivity contribution in [3.05, 3.63) is 47.3 Å². The van der Waals surface area contributed by atoms with E-state index in [1.807, 2.05) is 38.1 Å². The third-order valence-electron chi connectivity index (χ3n) is 3.06. The fourth-order valence-electron chi connectivity index (χ4n) is 1.88. The van der Waals surface area contributed by atoms with Crippen LogP contribution in [0, 0.1) is 6.92 Å². The predicted octanol–water partition coefficient (Wildman–Crippen LogP) is 0.923. The molecule has 6 heteroatoms. The van der Waals surface area contributed by atoms with Crippen LogP contribution in [0.25, 0.3) is 0 Å². The molecule has 0 radical (unpaired) electrons. The molecule has 0 saturated heterocycles. The van der Waals surface area contributed by atoms with Gasteiger partial charge in [-0.1, -0.05) is 35.0 Å². The molecule has 0 aliphatic carbocycles. The van der Waals surface area contributed by atoms with Crippen LogP contribution >= 0.6 is 0 Å². The van der Waals surface area contributed by atoms with Crippen LogP contribution < -0.4 is 11.1 Å². The summed E-state index contributed by atoms with van der Waals surface area (Å²) in [5.41, 5.74) is 8.39. The van der Waals surface area contributed by atoms with Crippen molar-refractivity contribution >= 4 is 5.91 Å². The topological polar surface area (TPSA) is 85.8 Å². The summed E-state index contributed by atoms with van der Waals surface area (Å²) in [6.45, 7) is 4.45. The first-order valence-corrected chi connectivity index (χ1v) is 6.53. The minimum Gasteiger partial charge on any atom is -0.348 e. The van der Waals surface area contributed by atoms with Gasteiger partial charge in [-0.15, -0.1) is 5.10 Å². The predicted molar refractivity (Wildman–Crippen MR) is 75.7 cm³/mol. The molecule has 0 aliphatic rings. The molecule has 0 bridgehead atoms. The molecule has 3 N–H and O–H groups in total. The van der Waals surface area contributed by atoms with Gasteiger partial charge in [0.25, 0.3) is 0 Å². The quantitative estimate of drug-likeness (QED) is 0.848. The molecule has 106 valence electrons. The van der Waals surface area contributed by atoms with E-state index in [1.54, 1.807) is 6.20 Å². The van der Waals surface area contributed by atoms with Gasteiger partial charge in [0.15, 0.2) is 0 Å². The lowest BCUT2D eigenvalue weighted by atomic mass is 10.1. The largest absolute Gasteiger partial charge is 0.348 e. The Kier molecular flexibility index (Phi) is 4.47. The lowest BCUT2D eigenvalue weighted by molar-refractivity contribution is -0.122. The van der Waals surface area contributed by atoms with Crippen molar-refractivity contribution in [1.29, 1.82) is 0 Å². The highest BCUT2D eigenvalue weighted by molar-refractivity contribution is 5.76. The third kappa shape index (κ3) is 3.64. The molecule has 1 amide bonds. The van der Waals surface area contributed by atoms with E-state index in [2.05, 4.69) is 15.6 Å². The highest BCUT2D eigenvalue weighted by Crippen LogP contribution is 2.12. The minimum atomic E-state index is -0.105. The monoisotopic (exact) mass is 273 g/mol. The molecule has 0 spiro atoms. The minimum absolute atomic E-state index is 0.0411. The van der Waals surface area contributed by atoms with E-state index in [0.29, 0.717) is 12.2 Å². The molecule has 0 aliphatic heterocycles. The Morgan fingerprint density at radius 2 is 2.10 bits per heavy atom. The zero-order chi connectivity index (χ0) is 14.5. The van der Waals surface area contributed by atoms with E-state index in [-0.39, 0.29) is 18.5 Å². The number of nitrogens with two attached hydrogens (primary N) is 1. The van der Waals surface area contributed by atoms with E-state index in [1.165, 1.54) is 10.2 Å². The number of aromatic nitrogens is 3. The number of carbonyl (C=O) groups is 1. The molecule has 0 saturated carbocycles. The smallest absolute Gasteiger partial charge is 0.242 e. The van der Waals surface area contributed by atoms with Crippen molar-refractivity contribution in [2.45, 2.75) is 33.0 Å². The van der Waals surface area contributed by atoms with Gasteiger partial charge in [-0.2, -0.15) is 0 Å². The molecule has 0 fully saturated rings. The van der Waals surface area contributed by atoms with Crippen molar-refractivity contribution in [3.63, 3.8) is 0 Å². The summed E-state index contributed by atoms with van der Waals surface area (Å²) >= 11 is 0. The lowest BCUT2D eigenvalue weighted by Gasteiger charge is -2.14. The Balaban J connectivity index is 1.92. The first-order chi connectivity index (χ1) is 9.58. The molecular formula is C14H19N5O. The molecule has 1 aromatic heterocycles. The molecule has 2 aromatic rings. The third-order valence-corrected chi connectivity index (χ3v) is 3.06. The van der Waals surface area contributed by atoms with Crippen LogP contribution in [0.4, 0.5) is 0 Å². The van der Waals surface area contributed by atoms with Crippen LogP contribution in [0.1, 0.15) is 29.8 Å². The van der Waals surface area contributed by atoms with Crippen molar-refractivity contribution in [2.75, 3.05) is 0 Å². The van der Waals surface area contributed by atoms with Gasteiger partial charge >= 0.3 is 0 Å². The second-order valence-corrected chi connectivity index (χ2v) is 4.81. The Morgan fingerprint density at radius 1 is 1.40 bits per heavy atom. The highest BCUT2D eigenvalue weighted by atomic mass is 16.2. The number of rotatable bonds is 5. The van der Waals surface area contributed by atoms with E-state index in [4.69, 9.17) is 5.73 Å². The van der Waals surface area contributed by atoms with Gasteiger partial charge in [0.2, 0.25) is 5.91 Å². The van der Waals surface area contributed by atoms with E-state index in [9.17, 15) is 4.79 Å². The highest BCUT2D eigenvalue weighted by Gasteiger charge is 2.10. The second-order valence-electron chi connectivity index (χ2n) is 4.81. The first kappa shape index (κ1) is 14.2. The maximum Gasteiger partial charge on any atom is 0.242 e. The fourth-order valence-corrected chi connectivity index (χ4v) is 1.88. The summed E-state index contributed by atoms with van der Waals surface area (Å²) in [6.07, 6.45) is 1.68. The molecule has 0 unspecified atom stereocenters. The van der Waals surface area contributed by atoms with Crippen LogP contribution in [-0.2, 0) is 17.9 Å². The van der Waals surface area contributed by atoms with Gasteiger partial charge < -0.3 is 11.1 Å². The van der Waals surface area contributed by atoms with Gasteiger partial charge in [-0.3, -0.25) is 4.79 Å².